The first-order valence-electron chi connectivity index (χ1n) is 9.79. The van der Waals surface area contributed by atoms with Crippen LogP contribution in [0.1, 0.15) is 5.69 Å². The second-order valence-electron chi connectivity index (χ2n) is 6.75. The summed E-state index contributed by atoms with van der Waals surface area (Å²) in [5.41, 5.74) is 6.37. The summed E-state index contributed by atoms with van der Waals surface area (Å²) in [6, 6.07) is 24.9. The molecule has 0 radical (unpaired) electrons. The number of rotatable bonds is 6. The molecule has 8 heteroatoms. The Balaban J connectivity index is 1.44. The highest BCUT2D eigenvalue weighted by Gasteiger charge is 2.14. The lowest BCUT2D eigenvalue weighted by molar-refractivity contribution is 0.333. The van der Waals surface area contributed by atoms with Crippen LogP contribution in [-0.4, -0.2) is 26.3 Å². The monoisotopic (exact) mass is 423 g/mol. The zero-order chi connectivity index (χ0) is 21.8. The number of hydrogen-bond acceptors (Lipinski definition) is 8. The van der Waals surface area contributed by atoms with Crippen molar-refractivity contribution in [3.05, 3.63) is 90.8 Å². The Bertz CT molecular complexity index is 1290. The molecular weight excluding hydrogens is 406 g/mol. The van der Waals surface area contributed by atoms with E-state index < -0.39 is 0 Å². The summed E-state index contributed by atoms with van der Waals surface area (Å²) in [6.45, 7) is 0. The fourth-order valence-electron chi connectivity index (χ4n) is 3.08. The van der Waals surface area contributed by atoms with Crippen molar-refractivity contribution in [2.75, 3.05) is 5.43 Å². The molecule has 0 unspecified atom stereocenters. The number of aromatic hydroxyl groups is 1. The van der Waals surface area contributed by atoms with Crippen LogP contribution in [0, 0.1) is 0 Å². The number of hydrazone groups is 1. The first kappa shape index (κ1) is 19.3. The van der Waals surface area contributed by atoms with E-state index in [-0.39, 0.29) is 17.5 Å². The maximum atomic E-state index is 9.99. The largest absolute Gasteiger partial charge is 0.479 e. The minimum Gasteiger partial charge on any atom is -0.479 e. The van der Waals surface area contributed by atoms with E-state index in [1.807, 2.05) is 66.7 Å². The van der Waals surface area contributed by atoms with E-state index in [1.54, 1.807) is 12.1 Å². The zero-order valence-corrected chi connectivity index (χ0v) is 16.7. The van der Waals surface area contributed by atoms with Gasteiger partial charge >= 0.3 is 5.95 Å². The van der Waals surface area contributed by atoms with E-state index in [1.165, 1.54) is 12.5 Å². The predicted molar refractivity (Wildman–Crippen MR) is 120 cm³/mol. The fraction of sp³-hybridized carbons (Fsp3) is 0. The highest BCUT2D eigenvalue weighted by Crippen LogP contribution is 2.26. The standard InChI is InChI=1S/C24H17N5O3/c30-23-20(26-22(32-23)21-12-7-13-31-21)15-25-29-24-27-18(16-8-3-1-4-9-16)14-19(28-24)17-10-5-2-6-11-17/h1-15,30H,(H,27,28,29). The normalized spacial score (nSPS) is 11.1. The molecule has 0 saturated carbocycles. The number of aromatic nitrogens is 3. The number of nitrogens with one attached hydrogen (secondary N) is 1. The Labute approximate surface area is 182 Å². The highest BCUT2D eigenvalue weighted by atomic mass is 16.5. The first-order valence-corrected chi connectivity index (χ1v) is 9.79. The molecule has 5 rings (SSSR count). The van der Waals surface area contributed by atoms with Crippen molar-refractivity contribution in [2.24, 2.45) is 5.10 Å². The van der Waals surface area contributed by atoms with Crippen LogP contribution >= 0.6 is 0 Å². The van der Waals surface area contributed by atoms with Gasteiger partial charge in [-0.1, -0.05) is 60.7 Å². The van der Waals surface area contributed by atoms with Crippen LogP contribution in [0.4, 0.5) is 5.95 Å². The number of nitrogens with zero attached hydrogens (tertiary/aromatic N) is 4. The molecule has 0 saturated heterocycles. The molecule has 8 nitrogen and oxygen atoms in total. The summed E-state index contributed by atoms with van der Waals surface area (Å²) < 4.78 is 10.4. The molecule has 2 aromatic carbocycles. The van der Waals surface area contributed by atoms with Gasteiger partial charge < -0.3 is 13.9 Å². The molecule has 0 bridgehead atoms. The smallest absolute Gasteiger partial charge is 0.312 e. The van der Waals surface area contributed by atoms with Crippen molar-refractivity contribution >= 4 is 12.2 Å². The van der Waals surface area contributed by atoms with Gasteiger partial charge in [-0.15, -0.1) is 0 Å². The lowest BCUT2D eigenvalue weighted by Gasteiger charge is -2.08. The maximum Gasteiger partial charge on any atom is 0.312 e. The van der Waals surface area contributed by atoms with Crippen molar-refractivity contribution in [3.63, 3.8) is 0 Å². The summed E-state index contributed by atoms with van der Waals surface area (Å²) in [7, 11) is 0. The second kappa shape index (κ2) is 8.57. The highest BCUT2D eigenvalue weighted by molar-refractivity contribution is 5.81. The molecule has 0 aliphatic carbocycles. The van der Waals surface area contributed by atoms with Gasteiger partial charge in [0.05, 0.1) is 23.9 Å². The molecule has 0 amide bonds. The third-order valence-electron chi connectivity index (χ3n) is 4.58. The minimum atomic E-state index is -0.370. The Morgan fingerprint density at radius 1 is 0.812 bits per heavy atom. The molecule has 32 heavy (non-hydrogen) atoms. The number of anilines is 1. The quantitative estimate of drug-likeness (QED) is 0.285. The summed E-state index contributed by atoms with van der Waals surface area (Å²) in [6.07, 6.45) is 2.82. The van der Waals surface area contributed by atoms with Crippen molar-refractivity contribution < 1.29 is 13.9 Å². The topological polar surface area (TPSA) is 110 Å². The number of oxazole rings is 1. The molecule has 3 heterocycles. The van der Waals surface area contributed by atoms with Gasteiger partial charge in [-0.2, -0.15) is 5.10 Å². The van der Waals surface area contributed by atoms with Crippen molar-refractivity contribution in [3.8, 4) is 40.1 Å². The summed E-state index contributed by atoms with van der Waals surface area (Å²) in [5.74, 6) is 0.489. The Hall–Kier alpha value is -4.72. The van der Waals surface area contributed by atoms with Crippen LogP contribution in [-0.2, 0) is 0 Å². The molecular formula is C24H17N5O3. The SMILES string of the molecule is Oc1oc(-c2ccco2)nc1C=NNc1nc(-c2ccccc2)cc(-c2ccccc2)n1. The first-order chi connectivity index (χ1) is 15.8. The van der Waals surface area contributed by atoms with Gasteiger partial charge in [-0.3, -0.25) is 0 Å². The lowest BCUT2D eigenvalue weighted by atomic mass is 10.1. The Morgan fingerprint density at radius 3 is 2.06 bits per heavy atom. The molecule has 0 fully saturated rings. The van der Waals surface area contributed by atoms with Gasteiger partial charge in [-0.25, -0.2) is 20.4 Å². The van der Waals surface area contributed by atoms with E-state index in [4.69, 9.17) is 8.83 Å². The van der Waals surface area contributed by atoms with Gasteiger partial charge in [0.2, 0.25) is 5.95 Å². The van der Waals surface area contributed by atoms with Crippen molar-refractivity contribution in [2.45, 2.75) is 0 Å². The molecule has 5 aromatic rings. The van der Waals surface area contributed by atoms with E-state index in [9.17, 15) is 5.11 Å². The zero-order valence-electron chi connectivity index (χ0n) is 16.7. The van der Waals surface area contributed by atoms with Crippen LogP contribution in [0.25, 0.3) is 34.2 Å². The second-order valence-corrected chi connectivity index (χ2v) is 6.75. The Morgan fingerprint density at radius 2 is 1.47 bits per heavy atom. The number of benzene rings is 2. The van der Waals surface area contributed by atoms with Gasteiger partial charge in [0.1, 0.15) is 0 Å². The molecule has 3 aromatic heterocycles. The lowest BCUT2D eigenvalue weighted by Crippen LogP contribution is -2.00. The van der Waals surface area contributed by atoms with Gasteiger partial charge in [0.15, 0.2) is 11.5 Å². The molecule has 156 valence electrons. The maximum absolute atomic E-state index is 9.99. The third-order valence-corrected chi connectivity index (χ3v) is 4.58. The fourth-order valence-corrected chi connectivity index (χ4v) is 3.08. The molecule has 0 spiro atoms. The van der Waals surface area contributed by atoms with Gasteiger partial charge in [0, 0.05) is 11.1 Å². The van der Waals surface area contributed by atoms with Crippen LogP contribution < -0.4 is 5.43 Å². The van der Waals surface area contributed by atoms with Crippen LogP contribution in [0.5, 0.6) is 5.95 Å². The van der Waals surface area contributed by atoms with Crippen LogP contribution in [0.15, 0.2) is 99.1 Å². The molecule has 2 N–H and O–H groups in total. The predicted octanol–water partition coefficient (Wildman–Crippen LogP) is 5.21. The summed E-state index contributed by atoms with van der Waals surface area (Å²) in [4.78, 5) is 13.3. The molecule has 0 atom stereocenters. The average molecular weight is 423 g/mol. The number of hydrogen-bond donors (Lipinski definition) is 2. The van der Waals surface area contributed by atoms with E-state index >= 15 is 0 Å². The van der Waals surface area contributed by atoms with E-state index in [0.717, 1.165) is 22.5 Å². The minimum absolute atomic E-state index is 0.145. The Kier molecular flexibility index (Phi) is 5.15. The summed E-state index contributed by atoms with van der Waals surface area (Å²) >= 11 is 0. The van der Waals surface area contributed by atoms with Gasteiger partial charge in [0.25, 0.3) is 5.89 Å². The third kappa shape index (κ3) is 4.10. The molecule has 0 aliphatic rings. The van der Waals surface area contributed by atoms with Crippen LogP contribution in [0.2, 0.25) is 0 Å². The van der Waals surface area contributed by atoms with Crippen molar-refractivity contribution in [1.82, 2.24) is 15.0 Å². The summed E-state index contributed by atoms with van der Waals surface area (Å²) in [5, 5.41) is 14.1. The van der Waals surface area contributed by atoms with E-state index in [0.29, 0.717) is 11.7 Å². The number of furan rings is 1. The molecule has 0 aliphatic heterocycles. The van der Waals surface area contributed by atoms with Gasteiger partial charge in [-0.05, 0) is 18.2 Å². The average Bonchev–Trinajstić information content (AvgIpc) is 3.50. The van der Waals surface area contributed by atoms with Crippen LogP contribution in [0.3, 0.4) is 0 Å². The van der Waals surface area contributed by atoms with Crippen molar-refractivity contribution in [1.29, 1.82) is 0 Å². The van der Waals surface area contributed by atoms with E-state index in [2.05, 4.69) is 25.5 Å².